The van der Waals surface area contributed by atoms with Crippen LogP contribution in [-0.2, 0) is 84.3 Å². The van der Waals surface area contributed by atoms with Gasteiger partial charge in [-0.15, -0.1) is 67.3 Å². The Morgan fingerprint density at radius 1 is 0.309 bits per heavy atom. The van der Waals surface area contributed by atoms with Gasteiger partial charge in [0.25, 0.3) is 0 Å². The zero-order valence-corrected chi connectivity index (χ0v) is 61.3. The van der Waals surface area contributed by atoms with Crippen molar-refractivity contribution >= 4 is 112 Å². The number of fused-ring (bicyclic) bond motifs is 16. The van der Waals surface area contributed by atoms with Crippen molar-refractivity contribution in [3.63, 3.8) is 0 Å². The van der Waals surface area contributed by atoms with Gasteiger partial charge in [0.05, 0.1) is 45.6 Å². The van der Waals surface area contributed by atoms with Gasteiger partial charge in [0.2, 0.25) is 0 Å². The van der Waals surface area contributed by atoms with Crippen LogP contribution in [0.15, 0.2) is 72.8 Å². The van der Waals surface area contributed by atoms with E-state index in [1.165, 1.54) is 100 Å². The van der Waals surface area contributed by atoms with Crippen LogP contribution in [-0.4, -0.2) is 31.7 Å². The molecule has 8 aromatic rings. The van der Waals surface area contributed by atoms with Crippen LogP contribution in [0.1, 0.15) is 221 Å². The molecule has 490 valence electrons. The van der Waals surface area contributed by atoms with E-state index in [2.05, 4.69) is 184 Å². The van der Waals surface area contributed by atoms with Crippen molar-refractivity contribution in [1.82, 2.24) is 39.9 Å². The van der Waals surface area contributed by atoms with E-state index in [1.807, 2.05) is 0 Å². The third kappa shape index (κ3) is 12.0. The molecule has 0 unspecified atom stereocenters. The summed E-state index contributed by atoms with van der Waals surface area (Å²) in [5.41, 5.74) is 44.2. The Bertz CT molecular complexity index is 4520. The minimum absolute atomic E-state index is 0. The molecule has 6 aromatic heterocycles. The first kappa shape index (κ1) is 70.0. The molecule has 0 N–H and O–H groups in total. The average molecular weight is 1370 g/mol. The molecule has 0 spiro atoms. The van der Waals surface area contributed by atoms with E-state index in [-0.39, 0.29) is 33.0 Å². The van der Waals surface area contributed by atoms with Crippen molar-refractivity contribution in [2.24, 2.45) is 0 Å². The zero-order valence-electron chi connectivity index (χ0n) is 57.8. The molecule has 0 fully saturated rings. The van der Waals surface area contributed by atoms with Gasteiger partial charge in [-0.3, -0.25) is 0 Å². The van der Waals surface area contributed by atoms with Crippen molar-refractivity contribution in [2.75, 3.05) is 11.8 Å². The normalized spacial score (nSPS) is 13.3. The predicted molar refractivity (Wildman–Crippen MR) is 393 cm³/mol. The molecule has 0 aliphatic carbocycles. The van der Waals surface area contributed by atoms with Crippen LogP contribution in [0.3, 0.4) is 0 Å². The van der Waals surface area contributed by atoms with Crippen LogP contribution < -0.4 is 19.9 Å². The number of aryl methyl sites for hydroxylation is 12. The van der Waals surface area contributed by atoms with Crippen molar-refractivity contribution in [3.8, 4) is 22.3 Å². The van der Waals surface area contributed by atoms with E-state index in [1.54, 1.807) is 0 Å². The number of aromatic nitrogens is 8. The number of benzene rings is 2. The molecule has 10 heterocycles. The van der Waals surface area contributed by atoms with Gasteiger partial charge < -0.3 is 19.9 Å². The van der Waals surface area contributed by atoms with Gasteiger partial charge in [-0.1, -0.05) is 173 Å². The Morgan fingerprint density at radius 3 is 0.830 bits per heavy atom. The third-order valence-corrected chi connectivity index (χ3v) is 21.1. The smallest absolute Gasteiger partial charge is 0.657 e. The minimum atomic E-state index is 0. The van der Waals surface area contributed by atoms with Crippen molar-refractivity contribution < 1.29 is 33.0 Å². The van der Waals surface area contributed by atoms with Crippen molar-refractivity contribution in [1.29, 1.82) is 0 Å². The molecular formula is C82H88Cl2N8Ni2. The number of hydrogen-bond donors (Lipinski definition) is 0. The van der Waals surface area contributed by atoms with Gasteiger partial charge in [-0.25, -0.2) is 19.9 Å². The van der Waals surface area contributed by atoms with Crippen LogP contribution in [0.2, 0.25) is 0 Å². The number of nitrogens with zero attached hydrogens (tertiary/aromatic N) is 8. The molecule has 2 aromatic carbocycles. The second-order valence-electron chi connectivity index (χ2n) is 25.5. The second kappa shape index (κ2) is 28.9. The Morgan fingerprint density at radius 2 is 0.564 bits per heavy atom. The Hall–Kier alpha value is -6.79. The second-order valence-corrected chi connectivity index (χ2v) is 26.2. The van der Waals surface area contributed by atoms with Gasteiger partial charge >= 0.3 is 33.0 Å². The van der Waals surface area contributed by atoms with E-state index < -0.39 is 0 Å². The fraction of sp³-hybridized carbons (Fsp3) is 0.366. The quantitative estimate of drug-likeness (QED) is 0.0655. The molecule has 12 heteroatoms. The molecule has 16 bridgehead atoms. The van der Waals surface area contributed by atoms with Gasteiger partial charge in [-0.05, 0) is 222 Å². The maximum atomic E-state index is 6.65. The number of alkyl halides is 2. The summed E-state index contributed by atoms with van der Waals surface area (Å²) in [5, 5.41) is 0. The number of rotatable bonds is 17. The first-order chi connectivity index (χ1) is 44.5. The Balaban J connectivity index is 0.00000482. The van der Waals surface area contributed by atoms with Crippen LogP contribution >= 0.6 is 23.2 Å². The number of hydrogen-bond acceptors (Lipinski definition) is 4. The van der Waals surface area contributed by atoms with E-state index in [9.17, 15) is 0 Å². The summed E-state index contributed by atoms with van der Waals surface area (Å²) in [6, 6.07) is 27.4. The monoisotopic (exact) mass is 1370 g/mol. The molecule has 4 aliphatic rings. The van der Waals surface area contributed by atoms with Crippen LogP contribution in [0.25, 0.3) is 111 Å². The van der Waals surface area contributed by atoms with Gasteiger partial charge in [-0.2, -0.15) is 0 Å². The van der Waals surface area contributed by atoms with Crippen molar-refractivity contribution in [3.05, 3.63) is 185 Å². The number of allylic oxidation sites excluding steroid dienone is 8. The minimum Gasteiger partial charge on any atom is -0.657 e. The van der Waals surface area contributed by atoms with E-state index in [0.717, 1.165) is 187 Å². The Kier molecular flexibility index (Phi) is 21.5. The first-order valence-corrected chi connectivity index (χ1v) is 35.0. The van der Waals surface area contributed by atoms with Gasteiger partial charge in [0.15, 0.2) is 0 Å². The Labute approximate surface area is 587 Å². The molecule has 0 amide bonds. The molecule has 0 atom stereocenters. The third-order valence-electron chi connectivity index (χ3n) is 20.7. The maximum absolute atomic E-state index is 6.65. The molecule has 94 heavy (non-hydrogen) atoms. The predicted octanol–water partition coefficient (Wildman–Crippen LogP) is 21.0. The molecule has 0 saturated heterocycles. The molecule has 0 saturated carbocycles. The summed E-state index contributed by atoms with van der Waals surface area (Å²) in [6.45, 7) is 35.7. The van der Waals surface area contributed by atoms with E-state index in [0.29, 0.717) is 24.6 Å². The molecule has 4 aliphatic heterocycles. The summed E-state index contributed by atoms with van der Waals surface area (Å²) in [5.74, 6) is 0.964. The summed E-state index contributed by atoms with van der Waals surface area (Å²) in [4.78, 5) is 44.5. The van der Waals surface area contributed by atoms with Crippen LogP contribution in [0.4, 0.5) is 0 Å². The standard InChI is InChI=1S/C82H88Cl2N8.2Ni/c1-17-55-43(9)65-39-69-47(13)59(21-5)79(89-69)73(80-60(22-6)48(14)70(90-80)40-66-44(10)56(18-2)76(86-66)63(35-37-83)75(55)85-65)53-31-27-51(28-32-53)25-26-52-29-33-54(34-30-52)74-81-61(23-7)49(15)71(91-81)41-67-45(11)57(19-3)77(87-67)64(36-38-84)78-58(20-4)46(12)68(88-78)42-72-50(16)62(24-8)82(74)92-72;;/h27-34,39-42H,17-26,35-38H2,1-16H3;;/q-4;2*+2. The fourth-order valence-corrected chi connectivity index (χ4v) is 15.8. The largest absolute Gasteiger partial charge is 2.00 e. The van der Waals surface area contributed by atoms with Crippen molar-refractivity contribution in [2.45, 2.75) is 188 Å². The van der Waals surface area contributed by atoms with Crippen LogP contribution in [0, 0.1) is 27.7 Å². The fourth-order valence-electron chi connectivity index (χ4n) is 15.4. The summed E-state index contributed by atoms with van der Waals surface area (Å²) in [6.07, 6.45) is 9.83. The number of halogens is 2. The van der Waals surface area contributed by atoms with Gasteiger partial charge in [0, 0.05) is 11.8 Å². The first-order valence-electron chi connectivity index (χ1n) is 34.0. The maximum Gasteiger partial charge on any atom is 2.00 e. The summed E-state index contributed by atoms with van der Waals surface area (Å²) < 4.78 is 0. The topological polar surface area (TPSA) is 108 Å². The molecular weight excluding hydrogens is 1290 g/mol. The van der Waals surface area contributed by atoms with E-state index >= 15 is 0 Å². The molecule has 8 nitrogen and oxygen atoms in total. The molecule has 0 radical (unpaired) electrons. The molecule has 12 rings (SSSR count). The van der Waals surface area contributed by atoms with E-state index in [4.69, 9.17) is 63.1 Å². The summed E-state index contributed by atoms with van der Waals surface area (Å²) in [7, 11) is 0. The SMILES string of the molecule is CCC1=C(C)c2cc3[n-]c(c(CC)c3C)c(-c3ccc(CCc4ccc(-c5c6nc(cc7[n-]c(c(CCCl)c8nc(cc9[n-]c5c(CC)c9C)C(C)=C8CC)c(CC)c7C)C(C)=C6CC)cc4)cc3)c3nc(cc4[n-]c(c(CCCl)c1n2)c(CC)c4C)C(C)=C3CC.[Ni+2].[Ni+2]. The van der Waals surface area contributed by atoms with Gasteiger partial charge in [0.1, 0.15) is 0 Å². The average Bonchev–Trinajstić information content (AvgIpc) is 1.62. The zero-order chi connectivity index (χ0) is 65.1. The van der Waals surface area contributed by atoms with Crippen LogP contribution in [0.5, 0.6) is 0 Å². The summed E-state index contributed by atoms with van der Waals surface area (Å²) >= 11 is 13.3.